The summed E-state index contributed by atoms with van der Waals surface area (Å²) in [5.74, 6) is 0. The summed E-state index contributed by atoms with van der Waals surface area (Å²) in [4.78, 5) is 0. The van der Waals surface area contributed by atoms with Gasteiger partial charge in [0.15, 0.2) is 15.2 Å². The first kappa shape index (κ1) is 50.1. The molecule has 0 amide bonds. The average molecular weight is 1050 g/mol. The highest BCUT2D eigenvalue weighted by Crippen LogP contribution is 2.36. The van der Waals surface area contributed by atoms with Crippen molar-refractivity contribution in [3.05, 3.63) is 336 Å². The van der Waals surface area contributed by atoms with Gasteiger partial charge in [-0.05, 0) is 65.6 Å². The van der Waals surface area contributed by atoms with E-state index in [0.29, 0.717) is 0 Å². The topological polar surface area (TPSA) is 0 Å². The quantitative estimate of drug-likeness (QED) is 0.0846. The van der Waals surface area contributed by atoms with Gasteiger partial charge in [0.05, 0.1) is 16.9 Å². The van der Waals surface area contributed by atoms with Crippen molar-refractivity contribution >= 4 is 73.5 Å². The molecule has 0 aliphatic carbocycles. The second-order valence-corrected chi connectivity index (χ2v) is 39.1. The van der Waals surface area contributed by atoms with Crippen molar-refractivity contribution in [3.63, 3.8) is 0 Å². The second-order valence-electron chi connectivity index (χ2n) is 21.6. The fourth-order valence-electron chi connectivity index (χ4n) is 13.8. The number of aryl methyl sites for hydroxylation is 2. The summed E-state index contributed by atoms with van der Waals surface area (Å²) in [5, 5.41) is 12.2. The third-order valence-corrected chi connectivity index (χ3v) is 41.6. The molecule has 0 atom stereocenters. The van der Waals surface area contributed by atoms with E-state index in [1.165, 1.54) is 70.8 Å². The Morgan fingerprint density at radius 2 is 0.571 bits per heavy atom. The van der Waals surface area contributed by atoms with Gasteiger partial charge < -0.3 is 0 Å². The van der Waals surface area contributed by atoms with Gasteiger partial charge >= 0.3 is 0 Å². The molecule has 0 N–H and O–H groups in total. The summed E-state index contributed by atoms with van der Waals surface area (Å²) in [7, 11) is -10.3. The van der Waals surface area contributed by atoms with Gasteiger partial charge in [-0.25, -0.2) is 0 Å². The van der Waals surface area contributed by atoms with Crippen LogP contribution in [0.25, 0.3) is 11.1 Å². The van der Waals surface area contributed by atoms with E-state index in [1.807, 2.05) is 0 Å². The van der Waals surface area contributed by atoms with E-state index >= 15 is 0 Å². The lowest BCUT2D eigenvalue weighted by Gasteiger charge is -2.54. The number of hydrogen-bond acceptors (Lipinski definition) is 0. The van der Waals surface area contributed by atoms with E-state index in [1.54, 1.807) is 20.7 Å². The molecule has 0 saturated heterocycles. The van der Waals surface area contributed by atoms with Crippen LogP contribution < -0.4 is 41.5 Å². The monoisotopic (exact) mass is 1050 g/mol. The van der Waals surface area contributed by atoms with Crippen LogP contribution in [-0.2, 0) is 30.2 Å². The molecular formula is C73H65Si4. The third-order valence-electron chi connectivity index (χ3n) is 16.8. The molecule has 77 heavy (non-hydrogen) atoms. The molecule has 1 radical (unpaired) electrons. The first-order valence-electron chi connectivity index (χ1n) is 27.5. The van der Waals surface area contributed by atoms with E-state index in [9.17, 15) is 0 Å². The van der Waals surface area contributed by atoms with Crippen LogP contribution in [0.1, 0.15) is 38.9 Å². The van der Waals surface area contributed by atoms with E-state index in [2.05, 4.69) is 311 Å². The average Bonchev–Trinajstić information content (AvgIpc) is 3.61. The van der Waals surface area contributed by atoms with Gasteiger partial charge in [0.25, 0.3) is 0 Å². The Labute approximate surface area is 461 Å². The Morgan fingerprint density at radius 3 is 0.896 bits per heavy atom. The molecule has 12 rings (SSSR count). The van der Waals surface area contributed by atoms with E-state index in [0.717, 1.165) is 30.2 Å². The predicted molar refractivity (Wildman–Crippen MR) is 338 cm³/mol. The van der Waals surface area contributed by atoms with Crippen LogP contribution in [0.15, 0.2) is 297 Å². The molecule has 0 saturated carbocycles. The van der Waals surface area contributed by atoms with Gasteiger partial charge in [0.2, 0.25) is 0 Å². The van der Waals surface area contributed by atoms with Crippen LogP contribution in [0.2, 0.25) is 0 Å². The summed E-state index contributed by atoms with van der Waals surface area (Å²) in [6.07, 6.45) is 0. The summed E-state index contributed by atoms with van der Waals surface area (Å²) >= 11 is 0. The maximum Gasteiger partial charge on any atom is 0.155 e. The normalized spacial score (nSPS) is 13.4. The molecule has 0 aromatic heterocycles. The van der Waals surface area contributed by atoms with Crippen LogP contribution in [-0.4, -0.2) is 32.1 Å². The molecule has 1 heterocycles. The largest absolute Gasteiger partial charge is 0.155 e. The molecule has 11 aromatic carbocycles. The van der Waals surface area contributed by atoms with E-state index in [-0.39, 0.29) is 0 Å². The highest BCUT2D eigenvalue weighted by Gasteiger charge is 2.65. The fraction of sp³-hybridized carbons (Fsp3) is 0.0959. The highest BCUT2D eigenvalue weighted by molar-refractivity contribution is 7.68. The number of benzene rings is 11. The van der Waals surface area contributed by atoms with Gasteiger partial charge in [-0.2, -0.15) is 0 Å². The molecule has 0 nitrogen and oxygen atoms in total. The van der Waals surface area contributed by atoms with Crippen LogP contribution in [0, 0.1) is 13.8 Å². The van der Waals surface area contributed by atoms with E-state index < -0.39 is 32.1 Å². The van der Waals surface area contributed by atoms with Crippen molar-refractivity contribution in [2.45, 2.75) is 44.1 Å². The van der Waals surface area contributed by atoms with Crippen LogP contribution in [0.5, 0.6) is 0 Å². The van der Waals surface area contributed by atoms with Crippen LogP contribution in [0.3, 0.4) is 0 Å². The minimum absolute atomic E-state index is 1.04. The SMILES string of the molecule is Cc1cc2c(cc1[Si](Cc1ccccc1)Cc1ccccc1)-c1cc([Si](Cc3ccccc3)(Cc3ccccc3)Cc3ccccc3)c(C)cc1[Si](c1ccccc1)(c1ccccc1)[Si]2(c1ccccc1)c1ccccc1. The lowest BCUT2D eigenvalue weighted by Crippen LogP contribution is -2.95. The molecule has 0 bridgehead atoms. The maximum atomic E-state index is 2.84. The minimum atomic E-state index is -3.23. The summed E-state index contributed by atoms with van der Waals surface area (Å²) in [6.45, 7) is 4.96. The molecule has 4 heteroatoms. The van der Waals surface area contributed by atoms with Gasteiger partial charge in [-0.15, -0.1) is 0 Å². The summed E-state index contributed by atoms with van der Waals surface area (Å²) in [5.41, 5.74) is 12.9. The molecule has 0 fully saturated rings. The van der Waals surface area contributed by atoms with Crippen molar-refractivity contribution in [2.75, 3.05) is 0 Å². The minimum Gasteiger partial charge on any atom is -0.0624 e. The molecular weight excluding hydrogens is 989 g/mol. The molecule has 373 valence electrons. The molecule has 1 aliphatic rings. The lowest BCUT2D eigenvalue weighted by molar-refractivity contribution is 1.14. The predicted octanol–water partition coefficient (Wildman–Crippen LogP) is 11.3. The lowest BCUT2D eigenvalue weighted by atomic mass is 10.0. The Bertz CT molecular complexity index is 3490. The highest BCUT2D eigenvalue weighted by atomic mass is 29.3. The second kappa shape index (κ2) is 22.1. The Balaban J connectivity index is 1.25. The van der Waals surface area contributed by atoms with Crippen LogP contribution >= 0.6 is 0 Å². The molecule has 0 spiro atoms. The Morgan fingerprint density at radius 1 is 0.299 bits per heavy atom. The van der Waals surface area contributed by atoms with E-state index in [4.69, 9.17) is 0 Å². The smallest absolute Gasteiger partial charge is 0.0624 e. The van der Waals surface area contributed by atoms with Crippen molar-refractivity contribution in [1.29, 1.82) is 0 Å². The number of rotatable bonds is 16. The zero-order valence-corrected chi connectivity index (χ0v) is 48.3. The Kier molecular flexibility index (Phi) is 14.4. The zero-order chi connectivity index (χ0) is 52.1. The maximum absolute atomic E-state index is 3.23. The van der Waals surface area contributed by atoms with Crippen molar-refractivity contribution in [2.24, 2.45) is 0 Å². The Hall–Kier alpha value is -7.71. The van der Waals surface area contributed by atoms with Gasteiger partial charge in [0.1, 0.15) is 0 Å². The standard InChI is InChI=1S/C73H65Si4/c1-57-48-72-68(50-70(57)74(52-59-30-12-3-13-31-59)53-60-32-14-4-15-33-60)69-51-71(75(54-61-34-16-5-17-35-61,55-62-36-18-6-19-37-62)56-63-38-20-7-21-39-63)58(2)49-73(69)77(66-44-26-10-27-45-66,67-46-28-11-29-47-67)76(72,64-40-22-8-23-41-64)65-42-24-9-25-43-65/h3-51H,52-56H2,1-2H3. The van der Waals surface area contributed by atoms with Crippen molar-refractivity contribution in [3.8, 4) is 11.1 Å². The third kappa shape index (κ3) is 9.44. The first-order chi connectivity index (χ1) is 38.0. The summed E-state index contributed by atoms with van der Waals surface area (Å²) in [6, 6.07) is 121. The molecule has 11 aromatic rings. The van der Waals surface area contributed by atoms with Gasteiger partial charge in [0, 0.05) is 0 Å². The number of fused-ring (bicyclic) bond motifs is 3. The fourth-order valence-corrected chi connectivity index (χ4v) is 42.3. The molecule has 1 aliphatic heterocycles. The van der Waals surface area contributed by atoms with Gasteiger partial charge in [-0.1, -0.05) is 367 Å². The van der Waals surface area contributed by atoms with Gasteiger partial charge in [-0.3, -0.25) is 0 Å². The number of hydrogen-bond donors (Lipinski definition) is 0. The first-order valence-corrected chi connectivity index (χ1v) is 37.1. The van der Waals surface area contributed by atoms with Crippen molar-refractivity contribution in [1.82, 2.24) is 0 Å². The summed E-state index contributed by atoms with van der Waals surface area (Å²) < 4.78 is 0. The van der Waals surface area contributed by atoms with Crippen LogP contribution in [0.4, 0.5) is 0 Å². The molecule has 0 unspecified atom stereocenters. The van der Waals surface area contributed by atoms with Crippen molar-refractivity contribution < 1.29 is 0 Å². The zero-order valence-electron chi connectivity index (χ0n) is 44.3.